The monoisotopic (exact) mass is 283 g/mol. The van der Waals surface area contributed by atoms with Crippen LogP contribution < -0.4 is 4.74 Å². The van der Waals surface area contributed by atoms with E-state index in [-0.39, 0.29) is 5.97 Å². The molecule has 0 spiro atoms. The minimum Gasteiger partial charge on any atom is -0.494 e. The Bertz CT molecular complexity index is 633. The zero-order valence-corrected chi connectivity index (χ0v) is 12.1. The van der Waals surface area contributed by atoms with Crippen molar-refractivity contribution in [2.45, 2.75) is 6.92 Å². The van der Waals surface area contributed by atoms with Crippen molar-refractivity contribution in [2.24, 2.45) is 4.99 Å². The second-order valence-electron chi connectivity index (χ2n) is 4.30. The molecule has 0 amide bonds. The minimum atomic E-state index is -0.345. The summed E-state index contributed by atoms with van der Waals surface area (Å²) < 4.78 is 10.1. The fourth-order valence-corrected chi connectivity index (χ4v) is 1.79. The number of esters is 1. The van der Waals surface area contributed by atoms with E-state index in [9.17, 15) is 4.79 Å². The van der Waals surface area contributed by atoms with Crippen LogP contribution in [0.1, 0.15) is 22.8 Å². The number of rotatable bonds is 5. The van der Waals surface area contributed by atoms with Gasteiger partial charge in [0.2, 0.25) is 0 Å². The molecule has 0 N–H and O–H groups in total. The molecule has 0 radical (unpaired) electrons. The number of benzene rings is 2. The molecule has 2 aromatic carbocycles. The molecule has 2 aromatic rings. The Morgan fingerprint density at radius 1 is 1.19 bits per heavy atom. The van der Waals surface area contributed by atoms with Crippen LogP contribution in [0, 0.1) is 0 Å². The van der Waals surface area contributed by atoms with Crippen molar-refractivity contribution in [1.29, 1.82) is 0 Å². The first kappa shape index (κ1) is 14.8. The molecule has 108 valence electrons. The second-order valence-corrected chi connectivity index (χ2v) is 4.30. The normalized spacial score (nSPS) is 10.6. The number of carbonyl (C=O) groups is 1. The van der Waals surface area contributed by atoms with Crippen LogP contribution in [0.3, 0.4) is 0 Å². The fraction of sp³-hybridized carbons (Fsp3) is 0.176. The van der Waals surface area contributed by atoms with Gasteiger partial charge in [-0.1, -0.05) is 18.2 Å². The van der Waals surface area contributed by atoms with E-state index in [1.807, 2.05) is 43.3 Å². The lowest BCUT2D eigenvalue weighted by molar-refractivity contribution is 0.0600. The molecule has 0 fully saturated rings. The summed E-state index contributed by atoms with van der Waals surface area (Å²) in [7, 11) is 1.36. The van der Waals surface area contributed by atoms with Gasteiger partial charge in [-0.25, -0.2) is 4.79 Å². The van der Waals surface area contributed by atoms with Gasteiger partial charge >= 0.3 is 5.97 Å². The number of hydrogen-bond donors (Lipinski definition) is 0. The third-order valence-electron chi connectivity index (χ3n) is 2.82. The Balaban J connectivity index is 2.10. The molecule has 2 rings (SSSR count). The third-order valence-corrected chi connectivity index (χ3v) is 2.82. The van der Waals surface area contributed by atoms with E-state index >= 15 is 0 Å². The van der Waals surface area contributed by atoms with Crippen molar-refractivity contribution in [3.8, 4) is 5.75 Å². The summed E-state index contributed by atoms with van der Waals surface area (Å²) in [6.45, 7) is 2.57. The summed E-state index contributed by atoms with van der Waals surface area (Å²) in [4.78, 5) is 15.7. The SMILES string of the molecule is CCOc1cccc(/N=C/c2ccc(C(=O)OC)cc2)c1. The fourth-order valence-electron chi connectivity index (χ4n) is 1.79. The molecule has 0 heterocycles. The largest absolute Gasteiger partial charge is 0.494 e. The lowest BCUT2D eigenvalue weighted by Crippen LogP contribution is -2.00. The third kappa shape index (κ3) is 4.18. The molecule has 0 saturated carbocycles. The molecule has 0 aliphatic carbocycles. The topological polar surface area (TPSA) is 47.9 Å². The molecule has 0 aliphatic rings. The molecular formula is C17H17NO3. The summed E-state index contributed by atoms with van der Waals surface area (Å²) in [5.74, 6) is 0.455. The van der Waals surface area contributed by atoms with Crippen LogP contribution in [0.4, 0.5) is 5.69 Å². The zero-order chi connectivity index (χ0) is 15.1. The van der Waals surface area contributed by atoms with Crippen molar-refractivity contribution in [3.63, 3.8) is 0 Å². The molecule has 4 nitrogen and oxygen atoms in total. The number of hydrogen-bond acceptors (Lipinski definition) is 4. The van der Waals surface area contributed by atoms with E-state index in [0.29, 0.717) is 12.2 Å². The molecule has 0 saturated heterocycles. The van der Waals surface area contributed by atoms with Crippen molar-refractivity contribution < 1.29 is 14.3 Å². The molecule has 0 atom stereocenters. The summed E-state index contributed by atoms with van der Waals surface area (Å²) in [5.41, 5.74) is 2.25. The summed E-state index contributed by atoms with van der Waals surface area (Å²) in [6, 6.07) is 14.6. The Morgan fingerprint density at radius 3 is 2.62 bits per heavy atom. The first-order chi connectivity index (χ1) is 10.2. The van der Waals surface area contributed by atoms with Crippen molar-refractivity contribution in [1.82, 2.24) is 0 Å². The van der Waals surface area contributed by atoms with Gasteiger partial charge in [0.1, 0.15) is 5.75 Å². The molecule has 0 aliphatic heterocycles. The van der Waals surface area contributed by atoms with Crippen LogP contribution in [0.15, 0.2) is 53.5 Å². The molecule has 0 bridgehead atoms. The van der Waals surface area contributed by atoms with Crippen LogP contribution >= 0.6 is 0 Å². The van der Waals surface area contributed by atoms with Gasteiger partial charge in [-0.05, 0) is 36.8 Å². The highest BCUT2D eigenvalue weighted by Gasteiger charge is 2.03. The first-order valence-corrected chi connectivity index (χ1v) is 6.68. The van der Waals surface area contributed by atoms with Gasteiger partial charge in [0.25, 0.3) is 0 Å². The average molecular weight is 283 g/mol. The number of carbonyl (C=O) groups excluding carboxylic acids is 1. The van der Waals surface area contributed by atoms with Gasteiger partial charge in [-0.15, -0.1) is 0 Å². The van der Waals surface area contributed by atoms with E-state index < -0.39 is 0 Å². The van der Waals surface area contributed by atoms with Gasteiger partial charge in [0, 0.05) is 12.3 Å². The van der Waals surface area contributed by atoms with Gasteiger partial charge < -0.3 is 9.47 Å². The summed E-state index contributed by atoms with van der Waals surface area (Å²) in [6.07, 6.45) is 1.74. The molecule has 0 aromatic heterocycles. The number of methoxy groups -OCH3 is 1. The van der Waals surface area contributed by atoms with E-state index in [2.05, 4.69) is 9.73 Å². The van der Waals surface area contributed by atoms with Gasteiger partial charge in [-0.3, -0.25) is 4.99 Å². The van der Waals surface area contributed by atoms with E-state index in [0.717, 1.165) is 17.0 Å². The van der Waals surface area contributed by atoms with Crippen molar-refractivity contribution in [2.75, 3.05) is 13.7 Å². The van der Waals surface area contributed by atoms with Gasteiger partial charge in [0.15, 0.2) is 0 Å². The second kappa shape index (κ2) is 7.24. The summed E-state index contributed by atoms with van der Waals surface area (Å²) in [5, 5.41) is 0. The molecular weight excluding hydrogens is 266 g/mol. The highest BCUT2D eigenvalue weighted by atomic mass is 16.5. The lowest BCUT2D eigenvalue weighted by Gasteiger charge is -2.03. The molecule has 0 unspecified atom stereocenters. The van der Waals surface area contributed by atoms with Gasteiger partial charge in [0.05, 0.1) is 25.0 Å². The predicted octanol–water partition coefficient (Wildman–Crippen LogP) is 3.62. The number of aliphatic imine (C=N–C) groups is 1. The first-order valence-electron chi connectivity index (χ1n) is 6.68. The Hall–Kier alpha value is -2.62. The summed E-state index contributed by atoms with van der Waals surface area (Å²) >= 11 is 0. The van der Waals surface area contributed by atoms with E-state index in [1.165, 1.54) is 7.11 Å². The standard InChI is InChI=1S/C17H17NO3/c1-3-21-16-6-4-5-15(11-16)18-12-13-7-9-14(10-8-13)17(19)20-2/h4-12H,3H2,1-2H3/b18-12+. The number of nitrogens with zero attached hydrogens (tertiary/aromatic N) is 1. The van der Waals surface area contributed by atoms with Crippen molar-refractivity contribution >= 4 is 17.9 Å². The number of ether oxygens (including phenoxy) is 2. The maximum Gasteiger partial charge on any atom is 0.337 e. The van der Waals surface area contributed by atoms with Crippen LogP contribution in [-0.4, -0.2) is 25.9 Å². The van der Waals surface area contributed by atoms with Gasteiger partial charge in [-0.2, -0.15) is 0 Å². The molecule has 21 heavy (non-hydrogen) atoms. The predicted molar refractivity (Wildman–Crippen MR) is 82.6 cm³/mol. The highest BCUT2D eigenvalue weighted by molar-refractivity contribution is 5.90. The van der Waals surface area contributed by atoms with Crippen LogP contribution in [-0.2, 0) is 4.74 Å². The maximum absolute atomic E-state index is 11.3. The smallest absolute Gasteiger partial charge is 0.337 e. The Kier molecular flexibility index (Phi) is 5.10. The quantitative estimate of drug-likeness (QED) is 0.622. The van der Waals surface area contributed by atoms with E-state index in [4.69, 9.17) is 4.74 Å². The molecule has 4 heteroatoms. The zero-order valence-electron chi connectivity index (χ0n) is 12.1. The van der Waals surface area contributed by atoms with Crippen molar-refractivity contribution in [3.05, 3.63) is 59.7 Å². The lowest BCUT2D eigenvalue weighted by atomic mass is 10.1. The van der Waals surface area contributed by atoms with Crippen LogP contribution in [0.2, 0.25) is 0 Å². The van der Waals surface area contributed by atoms with Crippen LogP contribution in [0.25, 0.3) is 0 Å². The maximum atomic E-state index is 11.3. The van der Waals surface area contributed by atoms with Crippen LogP contribution in [0.5, 0.6) is 5.75 Å². The highest BCUT2D eigenvalue weighted by Crippen LogP contribution is 2.19. The minimum absolute atomic E-state index is 0.345. The van der Waals surface area contributed by atoms with E-state index in [1.54, 1.807) is 18.3 Å². The Labute approximate surface area is 124 Å². The Morgan fingerprint density at radius 2 is 1.95 bits per heavy atom. The average Bonchev–Trinajstić information content (AvgIpc) is 2.53.